The molecule has 0 fully saturated rings. The maximum Gasteiger partial charge on any atom is 0.416 e. The zero-order valence-corrected chi connectivity index (χ0v) is 11.4. The highest BCUT2D eigenvalue weighted by Gasteiger charge is 2.32. The van der Waals surface area contributed by atoms with E-state index in [1.807, 2.05) is 0 Å². The lowest BCUT2D eigenvalue weighted by Gasteiger charge is -2.13. The molecule has 0 aliphatic carbocycles. The van der Waals surface area contributed by atoms with Crippen molar-refractivity contribution in [3.63, 3.8) is 0 Å². The predicted octanol–water partition coefficient (Wildman–Crippen LogP) is 5.93. The van der Waals surface area contributed by atoms with Gasteiger partial charge in [-0.1, -0.05) is 24.3 Å². The lowest BCUT2D eigenvalue weighted by atomic mass is 9.96. The lowest BCUT2D eigenvalue weighted by molar-refractivity contribution is -0.138. The molecule has 0 saturated heterocycles. The monoisotopic (exact) mass is 300 g/mol. The van der Waals surface area contributed by atoms with Gasteiger partial charge in [0.15, 0.2) is 0 Å². The zero-order chi connectivity index (χ0) is 15.8. The predicted molar refractivity (Wildman–Crippen MR) is 71.3 cm³/mol. The standard InChI is InChI=1S/C16H13F5/c1-9-3-5-11(7-13(9)15(17)18)12-6-4-10(2)14(8-12)16(19,20)21/h3-8,15H,1-2H3. The minimum atomic E-state index is -4.46. The third-order valence-corrected chi connectivity index (χ3v) is 3.39. The van der Waals surface area contributed by atoms with E-state index in [4.69, 9.17) is 0 Å². The molecule has 0 nitrogen and oxygen atoms in total. The molecular formula is C16H13F5. The Morgan fingerprint density at radius 2 is 1.33 bits per heavy atom. The smallest absolute Gasteiger partial charge is 0.205 e. The molecule has 0 aromatic heterocycles. The van der Waals surface area contributed by atoms with Gasteiger partial charge in [-0.3, -0.25) is 0 Å². The normalized spacial score (nSPS) is 12.0. The Morgan fingerprint density at radius 3 is 1.86 bits per heavy atom. The van der Waals surface area contributed by atoms with E-state index in [2.05, 4.69) is 0 Å². The first-order valence-electron chi connectivity index (χ1n) is 6.27. The van der Waals surface area contributed by atoms with E-state index in [9.17, 15) is 22.0 Å². The number of hydrogen-bond acceptors (Lipinski definition) is 0. The van der Waals surface area contributed by atoms with E-state index in [1.165, 1.54) is 31.2 Å². The van der Waals surface area contributed by atoms with Gasteiger partial charge < -0.3 is 0 Å². The van der Waals surface area contributed by atoms with Gasteiger partial charge in [-0.2, -0.15) is 13.2 Å². The molecule has 0 atom stereocenters. The third kappa shape index (κ3) is 3.23. The molecule has 0 amide bonds. The van der Waals surface area contributed by atoms with Crippen LogP contribution in [0.2, 0.25) is 0 Å². The van der Waals surface area contributed by atoms with Gasteiger partial charge in [0, 0.05) is 5.56 Å². The molecule has 112 valence electrons. The van der Waals surface area contributed by atoms with Crippen LogP contribution in [0, 0.1) is 13.8 Å². The highest BCUT2D eigenvalue weighted by molar-refractivity contribution is 5.66. The van der Waals surface area contributed by atoms with E-state index < -0.39 is 18.2 Å². The Kier molecular flexibility index (Phi) is 4.03. The molecule has 0 heterocycles. The molecule has 0 unspecified atom stereocenters. The average Bonchev–Trinajstić information content (AvgIpc) is 2.38. The van der Waals surface area contributed by atoms with Crippen molar-refractivity contribution in [1.82, 2.24) is 0 Å². The van der Waals surface area contributed by atoms with Crippen molar-refractivity contribution in [3.8, 4) is 11.1 Å². The fraction of sp³-hybridized carbons (Fsp3) is 0.250. The second kappa shape index (κ2) is 5.47. The first kappa shape index (κ1) is 15.5. The van der Waals surface area contributed by atoms with Gasteiger partial charge >= 0.3 is 6.18 Å². The van der Waals surface area contributed by atoms with Crippen molar-refractivity contribution >= 4 is 0 Å². The van der Waals surface area contributed by atoms with E-state index >= 15 is 0 Å². The van der Waals surface area contributed by atoms with Crippen LogP contribution in [0.3, 0.4) is 0 Å². The van der Waals surface area contributed by atoms with Gasteiger partial charge in [0.2, 0.25) is 0 Å². The average molecular weight is 300 g/mol. The Bertz CT molecular complexity index is 656. The van der Waals surface area contributed by atoms with Crippen LogP contribution in [-0.2, 0) is 6.18 Å². The zero-order valence-electron chi connectivity index (χ0n) is 11.4. The molecule has 0 spiro atoms. The number of halogens is 5. The molecular weight excluding hydrogens is 287 g/mol. The van der Waals surface area contributed by atoms with Gasteiger partial charge in [0.05, 0.1) is 5.56 Å². The van der Waals surface area contributed by atoms with Crippen LogP contribution in [-0.4, -0.2) is 0 Å². The summed E-state index contributed by atoms with van der Waals surface area (Å²) in [6.07, 6.45) is -7.12. The Hall–Kier alpha value is -1.91. The van der Waals surface area contributed by atoms with E-state index in [-0.39, 0.29) is 16.7 Å². The molecule has 0 bridgehead atoms. The van der Waals surface area contributed by atoms with Crippen LogP contribution in [0.4, 0.5) is 22.0 Å². The summed E-state index contributed by atoms with van der Waals surface area (Å²) in [5, 5.41) is 0. The van der Waals surface area contributed by atoms with Gasteiger partial charge in [0.25, 0.3) is 6.43 Å². The topological polar surface area (TPSA) is 0 Å². The van der Waals surface area contributed by atoms with Crippen LogP contribution in [0.15, 0.2) is 36.4 Å². The van der Waals surface area contributed by atoms with Crippen molar-refractivity contribution in [3.05, 3.63) is 58.7 Å². The maximum atomic E-state index is 12.9. The van der Waals surface area contributed by atoms with Crippen LogP contribution >= 0.6 is 0 Å². The Labute approximate surface area is 119 Å². The molecule has 5 heteroatoms. The van der Waals surface area contributed by atoms with Gasteiger partial charge in [0.1, 0.15) is 0 Å². The van der Waals surface area contributed by atoms with Crippen molar-refractivity contribution in [2.75, 3.05) is 0 Å². The fourth-order valence-electron chi connectivity index (χ4n) is 2.16. The van der Waals surface area contributed by atoms with Crippen LogP contribution < -0.4 is 0 Å². The molecule has 0 aliphatic heterocycles. The largest absolute Gasteiger partial charge is 0.416 e. The summed E-state index contributed by atoms with van der Waals surface area (Å²) in [6, 6.07) is 8.13. The number of alkyl halides is 5. The van der Waals surface area contributed by atoms with Crippen molar-refractivity contribution in [2.45, 2.75) is 26.4 Å². The fourth-order valence-corrected chi connectivity index (χ4v) is 2.16. The maximum absolute atomic E-state index is 12.9. The summed E-state index contributed by atoms with van der Waals surface area (Å²) >= 11 is 0. The number of hydrogen-bond donors (Lipinski definition) is 0. The SMILES string of the molecule is Cc1ccc(-c2ccc(C)c(C(F)(F)F)c2)cc1C(F)F. The van der Waals surface area contributed by atoms with E-state index in [0.29, 0.717) is 11.1 Å². The molecule has 2 aromatic carbocycles. The summed E-state index contributed by atoms with van der Waals surface area (Å²) in [5.74, 6) is 0. The second-order valence-corrected chi connectivity index (χ2v) is 4.90. The summed E-state index contributed by atoms with van der Waals surface area (Å²) < 4.78 is 64.4. The molecule has 0 aliphatic rings. The molecule has 0 radical (unpaired) electrons. The van der Waals surface area contributed by atoms with Crippen LogP contribution in [0.1, 0.15) is 28.7 Å². The minimum absolute atomic E-state index is 0.104. The van der Waals surface area contributed by atoms with Gasteiger partial charge in [-0.05, 0) is 48.2 Å². The van der Waals surface area contributed by atoms with Crippen LogP contribution in [0.25, 0.3) is 11.1 Å². The molecule has 0 saturated carbocycles. The summed E-state index contributed by atoms with van der Waals surface area (Å²) in [7, 11) is 0. The minimum Gasteiger partial charge on any atom is -0.205 e. The Balaban J connectivity index is 2.55. The second-order valence-electron chi connectivity index (χ2n) is 4.90. The quantitative estimate of drug-likeness (QED) is 0.603. The molecule has 2 rings (SSSR count). The highest BCUT2D eigenvalue weighted by Crippen LogP contribution is 2.35. The van der Waals surface area contributed by atoms with Gasteiger partial charge in [-0.25, -0.2) is 8.78 Å². The first-order chi connectivity index (χ1) is 9.70. The highest BCUT2D eigenvalue weighted by atomic mass is 19.4. The number of aryl methyl sites for hydroxylation is 2. The summed E-state index contributed by atoms with van der Waals surface area (Å²) in [4.78, 5) is 0. The van der Waals surface area contributed by atoms with Gasteiger partial charge in [-0.15, -0.1) is 0 Å². The molecule has 21 heavy (non-hydrogen) atoms. The third-order valence-electron chi connectivity index (χ3n) is 3.39. The lowest BCUT2D eigenvalue weighted by Crippen LogP contribution is -2.07. The first-order valence-corrected chi connectivity index (χ1v) is 6.27. The van der Waals surface area contributed by atoms with Crippen LogP contribution in [0.5, 0.6) is 0 Å². The van der Waals surface area contributed by atoms with Crippen molar-refractivity contribution in [2.24, 2.45) is 0 Å². The number of rotatable bonds is 2. The molecule has 0 N–H and O–H groups in total. The summed E-state index contributed by atoms with van der Waals surface area (Å²) in [5.41, 5.74) is 0.224. The van der Waals surface area contributed by atoms with Crippen molar-refractivity contribution in [1.29, 1.82) is 0 Å². The van der Waals surface area contributed by atoms with Crippen molar-refractivity contribution < 1.29 is 22.0 Å². The number of benzene rings is 2. The summed E-state index contributed by atoms with van der Waals surface area (Å²) in [6.45, 7) is 2.91. The van der Waals surface area contributed by atoms with E-state index in [1.54, 1.807) is 13.0 Å². The Morgan fingerprint density at radius 1 is 0.810 bits per heavy atom. The molecule has 2 aromatic rings. The van der Waals surface area contributed by atoms with E-state index in [0.717, 1.165) is 6.07 Å².